The first-order chi connectivity index (χ1) is 26.0. The van der Waals surface area contributed by atoms with Gasteiger partial charge < -0.3 is 4.42 Å². The smallest absolute Gasteiger partial charge is 0.143 e. The Kier molecular flexibility index (Phi) is 2.53. The van der Waals surface area contributed by atoms with Crippen LogP contribution in [0.15, 0.2) is 150 Å². The Morgan fingerprint density at radius 1 is 0.436 bits per heavy atom. The van der Waals surface area contributed by atoms with Crippen LogP contribution in [0.25, 0.3) is 76.9 Å². The maximum absolute atomic E-state index is 9.80. The van der Waals surface area contributed by atoms with Crippen molar-refractivity contribution in [1.29, 1.82) is 0 Å². The van der Waals surface area contributed by atoms with Gasteiger partial charge in [-0.1, -0.05) is 127 Å². The first kappa shape index (κ1) is 11.3. The molecule has 0 N–H and O–H groups in total. The molecule has 1 aromatic heterocycles. The second-order valence-electron chi connectivity index (χ2n) is 8.85. The van der Waals surface area contributed by atoms with Crippen LogP contribution >= 0.6 is 0 Å². The highest BCUT2D eigenvalue weighted by atomic mass is 16.3. The van der Waals surface area contributed by atoms with Crippen molar-refractivity contribution in [2.45, 2.75) is 0 Å². The highest BCUT2D eigenvalue weighted by Gasteiger charge is 2.20. The molecule has 7 aromatic carbocycles. The molecule has 0 aliphatic rings. The van der Waals surface area contributed by atoms with E-state index in [0.717, 1.165) is 0 Å². The van der Waals surface area contributed by atoms with Crippen molar-refractivity contribution >= 4 is 43.5 Å². The molecule has 1 heterocycles. The summed E-state index contributed by atoms with van der Waals surface area (Å²) in [5.74, 6) is 0. The lowest BCUT2D eigenvalue weighted by atomic mass is 9.85. The van der Waals surface area contributed by atoms with Crippen molar-refractivity contribution < 1.29 is 26.3 Å². The van der Waals surface area contributed by atoms with Gasteiger partial charge in [-0.2, -0.15) is 0 Å². The number of benzene rings is 7. The summed E-state index contributed by atoms with van der Waals surface area (Å²) in [7, 11) is 0. The van der Waals surface area contributed by atoms with Crippen LogP contribution in [0.5, 0.6) is 0 Å². The van der Waals surface area contributed by atoms with Crippen LogP contribution in [0.2, 0.25) is 0 Å². The van der Waals surface area contributed by atoms with Gasteiger partial charge in [0, 0.05) is 16.3 Å². The number of furan rings is 1. The van der Waals surface area contributed by atoms with E-state index in [1.54, 1.807) is 48.5 Å². The summed E-state index contributed by atoms with van der Waals surface area (Å²) in [6.07, 6.45) is 0. The van der Waals surface area contributed by atoms with E-state index in [0.29, 0.717) is 27.1 Å². The summed E-state index contributed by atoms with van der Waals surface area (Å²) in [4.78, 5) is 0. The molecule has 0 fully saturated rings. The molecule has 182 valence electrons. The zero-order chi connectivity index (χ0) is 39.7. The maximum Gasteiger partial charge on any atom is 0.143 e. The Labute approximate surface area is 249 Å². The van der Waals surface area contributed by atoms with Crippen LogP contribution in [0, 0.1) is 0 Å². The molecule has 8 rings (SSSR count). The minimum Gasteiger partial charge on any atom is -0.455 e. The molecule has 0 radical (unpaired) electrons. The average Bonchev–Trinajstić information content (AvgIpc) is 3.59. The van der Waals surface area contributed by atoms with Crippen LogP contribution in [-0.4, -0.2) is 0 Å². The molecule has 0 aliphatic heterocycles. The standard InChI is InChI=1S/C38H24O/c1-3-13-25(14-4-1)33-23-27(24-34-28-17-11-12-22-35(28)39-38(33)34)37-31-20-9-7-18-29(31)36(26-15-5-2-6-16-26)30-19-8-10-21-32(30)37/h1-24H/i1D,2D,3D,4D,5D,6D,11D,12D,13D,14D,15D,16D,17D,22D,23D,24D. The van der Waals surface area contributed by atoms with E-state index in [1.807, 2.05) is 0 Å². The van der Waals surface area contributed by atoms with E-state index in [2.05, 4.69) is 0 Å². The minimum absolute atomic E-state index is 0.0748. The zero-order valence-electron chi connectivity index (χ0n) is 36.0. The topological polar surface area (TPSA) is 13.1 Å². The van der Waals surface area contributed by atoms with Gasteiger partial charge in [0.1, 0.15) is 11.2 Å². The van der Waals surface area contributed by atoms with Gasteiger partial charge in [-0.15, -0.1) is 0 Å². The molecular formula is C38H24O. The van der Waals surface area contributed by atoms with Crippen molar-refractivity contribution in [3.63, 3.8) is 0 Å². The fraction of sp³-hybridized carbons (Fsp3) is 0. The fourth-order valence-electron chi connectivity index (χ4n) is 5.17. The number of hydrogen-bond donors (Lipinski definition) is 0. The predicted molar refractivity (Wildman–Crippen MR) is 165 cm³/mol. The Morgan fingerprint density at radius 2 is 0.949 bits per heavy atom. The molecule has 1 heteroatoms. The molecular weight excluding hydrogens is 472 g/mol. The Morgan fingerprint density at radius 3 is 1.56 bits per heavy atom. The van der Waals surface area contributed by atoms with Crippen LogP contribution < -0.4 is 0 Å². The summed E-state index contributed by atoms with van der Waals surface area (Å²) in [6.45, 7) is 0. The molecule has 1 nitrogen and oxygen atoms in total. The monoisotopic (exact) mass is 512 g/mol. The lowest BCUT2D eigenvalue weighted by Gasteiger charge is -2.18. The number of hydrogen-bond acceptors (Lipinski definition) is 1. The maximum atomic E-state index is 9.80. The van der Waals surface area contributed by atoms with Crippen LogP contribution in [0.1, 0.15) is 21.9 Å². The summed E-state index contributed by atoms with van der Waals surface area (Å²) in [5.41, 5.74) is -1.16. The molecule has 0 spiro atoms. The number of rotatable bonds is 3. The van der Waals surface area contributed by atoms with E-state index >= 15 is 0 Å². The van der Waals surface area contributed by atoms with Gasteiger partial charge in [-0.3, -0.25) is 0 Å². The number of para-hydroxylation sites is 1. The quantitative estimate of drug-likeness (QED) is 0.215. The van der Waals surface area contributed by atoms with Gasteiger partial charge in [0.2, 0.25) is 0 Å². The van der Waals surface area contributed by atoms with Crippen LogP contribution in [-0.2, 0) is 0 Å². The van der Waals surface area contributed by atoms with E-state index in [-0.39, 0.29) is 44.2 Å². The second kappa shape index (κ2) is 8.72. The SMILES string of the molecule is [2H]c1c([2H])c([2H])c(-c2c3ccccc3c(-c3c([2H])c(-c4c([2H])c([2H])c([2H])c([2H])c4[2H])c4oc5c([2H])c([2H])c([2H])c([2H])c5c4c3[2H])c3ccccc23)c([2H])c1[2H]. The van der Waals surface area contributed by atoms with Gasteiger partial charge in [0.05, 0.1) is 21.9 Å². The Balaban J connectivity index is 1.67. The third kappa shape index (κ3) is 3.41. The molecule has 39 heavy (non-hydrogen) atoms. The van der Waals surface area contributed by atoms with Gasteiger partial charge in [0.25, 0.3) is 0 Å². The highest BCUT2D eigenvalue weighted by molar-refractivity contribution is 6.22. The van der Waals surface area contributed by atoms with Crippen LogP contribution in [0.3, 0.4) is 0 Å². The van der Waals surface area contributed by atoms with Gasteiger partial charge in [-0.25, -0.2) is 0 Å². The molecule has 0 bridgehead atoms. The highest BCUT2D eigenvalue weighted by Crippen LogP contribution is 2.46. The van der Waals surface area contributed by atoms with Crippen molar-refractivity contribution in [2.75, 3.05) is 0 Å². The van der Waals surface area contributed by atoms with E-state index in [1.165, 1.54) is 0 Å². The molecule has 0 unspecified atom stereocenters. The summed E-state index contributed by atoms with van der Waals surface area (Å²) >= 11 is 0. The third-order valence-electron chi connectivity index (χ3n) is 6.74. The largest absolute Gasteiger partial charge is 0.455 e. The summed E-state index contributed by atoms with van der Waals surface area (Å²) < 4.78 is 145. The summed E-state index contributed by atoms with van der Waals surface area (Å²) in [6, 6.07) is 4.10. The van der Waals surface area contributed by atoms with Gasteiger partial charge >= 0.3 is 0 Å². The molecule has 0 saturated carbocycles. The lowest BCUT2D eigenvalue weighted by molar-refractivity contribution is 0.670. The zero-order valence-corrected chi connectivity index (χ0v) is 20.0. The number of fused-ring (bicyclic) bond motifs is 5. The van der Waals surface area contributed by atoms with Crippen molar-refractivity contribution in [3.8, 4) is 33.4 Å². The van der Waals surface area contributed by atoms with Gasteiger partial charge in [-0.05, 0) is 67.5 Å². The predicted octanol–water partition coefficient (Wildman–Crippen LogP) is 10.9. The van der Waals surface area contributed by atoms with E-state index in [9.17, 15) is 2.74 Å². The summed E-state index contributed by atoms with van der Waals surface area (Å²) in [5, 5.41) is 1.12. The average molecular weight is 513 g/mol. The first-order valence-electron chi connectivity index (χ1n) is 20.1. The lowest BCUT2D eigenvalue weighted by Crippen LogP contribution is -1.91. The van der Waals surface area contributed by atoms with E-state index in [4.69, 9.17) is 23.6 Å². The Bertz CT molecular complexity index is 2940. The minimum atomic E-state index is -0.709. The second-order valence-corrected chi connectivity index (χ2v) is 8.85. The molecule has 8 aromatic rings. The Hall–Kier alpha value is -5.14. The molecule has 0 amide bonds. The van der Waals surface area contributed by atoms with Crippen molar-refractivity contribution in [2.24, 2.45) is 0 Å². The molecule has 0 aliphatic carbocycles. The fourth-order valence-corrected chi connectivity index (χ4v) is 5.17. The van der Waals surface area contributed by atoms with Crippen LogP contribution in [0.4, 0.5) is 0 Å². The first-order valence-corrected chi connectivity index (χ1v) is 12.1. The van der Waals surface area contributed by atoms with Crippen molar-refractivity contribution in [3.05, 3.63) is 145 Å². The molecule has 0 saturated heterocycles. The normalized spacial score (nSPS) is 17.3. The van der Waals surface area contributed by atoms with E-state index < -0.39 is 102 Å². The molecule has 0 atom stereocenters. The van der Waals surface area contributed by atoms with Crippen molar-refractivity contribution in [1.82, 2.24) is 0 Å². The van der Waals surface area contributed by atoms with Gasteiger partial charge in [0.15, 0.2) is 0 Å². The third-order valence-corrected chi connectivity index (χ3v) is 6.74.